The number of hydrogen-bond acceptors (Lipinski definition) is 3. The first-order chi connectivity index (χ1) is 10.1. The first kappa shape index (κ1) is 13.8. The standard InChI is InChI=1S/C16H13BrN2O2/c1-10-7-13(17)4-5-14(10)19-8-12(9-20)16(18-19)15-6-3-11(2)21-15/h3-9H,1-2H3. The maximum Gasteiger partial charge on any atom is 0.155 e. The lowest BCUT2D eigenvalue weighted by Gasteiger charge is -2.05. The second-order valence-corrected chi connectivity index (χ2v) is 5.75. The summed E-state index contributed by atoms with van der Waals surface area (Å²) in [5.41, 5.74) is 3.05. The minimum absolute atomic E-state index is 0.506. The zero-order chi connectivity index (χ0) is 15.0. The average Bonchev–Trinajstić information content (AvgIpc) is 3.04. The third kappa shape index (κ3) is 2.56. The third-order valence-electron chi connectivity index (χ3n) is 3.25. The van der Waals surface area contributed by atoms with Crippen molar-refractivity contribution in [2.75, 3.05) is 0 Å². The van der Waals surface area contributed by atoms with Crippen LogP contribution >= 0.6 is 15.9 Å². The summed E-state index contributed by atoms with van der Waals surface area (Å²) in [7, 11) is 0. The number of aromatic nitrogens is 2. The summed E-state index contributed by atoms with van der Waals surface area (Å²) in [6.07, 6.45) is 2.52. The van der Waals surface area contributed by atoms with Crippen LogP contribution in [0.15, 0.2) is 45.4 Å². The fourth-order valence-corrected chi connectivity index (χ4v) is 2.70. The zero-order valence-electron chi connectivity index (χ0n) is 11.6. The number of carbonyl (C=O) groups excluding carboxylic acids is 1. The van der Waals surface area contributed by atoms with Gasteiger partial charge in [0.2, 0.25) is 0 Å². The van der Waals surface area contributed by atoms with Gasteiger partial charge in [-0.1, -0.05) is 15.9 Å². The van der Waals surface area contributed by atoms with E-state index in [2.05, 4.69) is 21.0 Å². The van der Waals surface area contributed by atoms with E-state index in [4.69, 9.17) is 4.42 Å². The molecule has 0 unspecified atom stereocenters. The van der Waals surface area contributed by atoms with E-state index >= 15 is 0 Å². The molecule has 3 rings (SSSR count). The largest absolute Gasteiger partial charge is 0.460 e. The van der Waals surface area contributed by atoms with Crippen molar-refractivity contribution in [2.45, 2.75) is 13.8 Å². The molecule has 0 saturated carbocycles. The number of furan rings is 1. The predicted molar refractivity (Wildman–Crippen MR) is 83.8 cm³/mol. The molecule has 5 heteroatoms. The molecular formula is C16H13BrN2O2. The smallest absolute Gasteiger partial charge is 0.155 e. The highest BCUT2D eigenvalue weighted by atomic mass is 79.9. The zero-order valence-corrected chi connectivity index (χ0v) is 13.2. The highest BCUT2D eigenvalue weighted by molar-refractivity contribution is 9.10. The van der Waals surface area contributed by atoms with Gasteiger partial charge < -0.3 is 4.42 Å². The van der Waals surface area contributed by atoms with Gasteiger partial charge in [0.15, 0.2) is 12.0 Å². The molecule has 0 spiro atoms. The van der Waals surface area contributed by atoms with Crippen molar-refractivity contribution in [3.05, 3.63) is 57.9 Å². The van der Waals surface area contributed by atoms with Gasteiger partial charge >= 0.3 is 0 Å². The first-order valence-corrected chi connectivity index (χ1v) is 7.26. The third-order valence-corrected chi connectivity index (χ3v) is 3.74. The lowest BCUT2D eigenvalue weighted by Crippen LogP contribution is -1.97. The van der Waals surface area contributed by atoms with Crippen LogP contribution in [0.3, 0.4) is 0 Å². The molecule has 0 aliphatic heterocycles. The highest BCUT2D eigenvalue weighted by Crippen LogP contribution is 2.26. The average molecular weight is 345 g/mol. The molecule has 0 saturated heterocycles. The van der Waals surface area contributed by atoms with Crippen LogP contribution in [-0.2, 0) is 0 Å². The van der Waals surface area contributed by atoms with E-state index in [-0.39, 0.29) is 0 Å². The number of carbonyl (C=O) groups is 1. The fraction of sp³-hybridized carbons (Fsp3) is 0.125. The number of nitrogens with zero attached hydrogens (tertiary/aromatic N) is 2. The first-order valence-electron chi connectivity index (χ1n) is 6.46. The van der Waals surface area contributed by atoms with Crippen molar-refractivity contribution < 1.29 is 9.21 Å². The van der Waals surface area contributed by atoms with E-state index in [1.807, 2.05) is 44.2 Å². The van der Waals surface area contributed by atoms with E-state index in [0.717, 1.165) is 27.8 Å². The SMILES string of the molecule is Cc1ccc(-c2nn(-c3ccc(Br)cc3C)cc2C=O)o1. The molecule has 0 N–H and O–H groups in total. The Hall–Kier alpha value is -2.14. The molecule has 3 aromatic rings. The number of aldehydes is 1. The summed E-state index contributed by atoms with van der Waals surface area (Å²) in [4.78, 5) is 11.3. The minimum atomic E-state index is 0.506. The van der Waals surface area contributed by atoms with Gasteiger partial charge in [0.25, 0.3) is 0 Å². The topological polar surface area (TPSA) is 48.0 Å². The van der Waals surface area contributed by atoms with E-state index in [1.54, 1.807) is 10.9 Å². The fourth-order valence-electron chi connectivity index (χ4n) is 2.23. The van der Waals surface area contributed by atoms with Crippen LogP contribution < -0.4 is 0 Å². The van der Waals surface area contributed by atoms with Crippen LogP contribution in [0.1, 0.15) is 21.7 Å². The van der Waals surface area contributed by atoms with E-state index in [9.17, 15) is 4.79 Å². The second-order valence-electron chi connectivity index (χ2n) is 4.84. The van der Waals surface area contributed by atoms with Crippen LogP contribution in [0.4, 0.5) is 0 Å². The summed E-state index contributed by atoms with van der Waals surface area (Å²) in [5, 5.41) is 4.50. The molecule has 0 bridgehead atoms. The lowest BCUT2D eigenvalue weighted by atomic mass is 10.2. The van der Waals surface area contributed by atoms with Crippen molar-refractivity contribution in [2.24, 2.45) is 0 Å². The van der Waals surface area contributed by atoms with Crippen molar-refractivity contribution in [3.8, 4) is 17.1 Å². The van der Waals surface area contributed by atoms with Gasteiger partial charge in [0.05, 0.1) is 11.3 Å². The number of halogens is 1. The van der Waals surface area contributed by atoms with Gasteiger partial charge in [-0.05, 0) is 49.7 Å². The number of aryl methyl sites for hydroxylation is 2. The van der Waals surface area contributed by atoms with Crippen molar-refractivity contribution >= 4 is 22.2 Å². The summed E-state index contributed by atoms with van der Waals surface area (Å²) < 4.78 is 8.28. The molecule has 0 aliphatic carbocycles. The molecule has 0 aliphatic rings. The van der Waals surface area contributed by atoms with Crippen molar-refractivity contribution in [1.29, 1.82) is 0 Å². The maximum absolute atomic E-state index is 11.3. The Morgan fingerprint density at radius 2 is 2.05 bits per heavy atom. The van der Waals surface area contributed by atoms with Gasteiger partial charge in [0.1, 0.15) is 11.5 Å². The van der Waals surface area contributed by atoms with Gasteiger partial charge in [-0.15, -0.1) is 0 Å². The number of benzene rings is 1. The highest BCUT2D eigenvalue weighted by Gasteiger charge is 2.15. The Morgan fingerprint density at radius 1 is 1.24 bits per heavy atom. The summed E-state index contributed by atoms with van der Waals surface area (Å²) in [6, 6.07) is 9.59. The van der Waals surface area contributed by atoms with Gasteiger partial charge in [-0.2, -0.15) is 5.10 Å². The Kier molecular flexibility index (Phi) is 3.51. The van der Waals surface area contributed by atoms with Gasteiger partial charge in [-0.25, -0.2) is 4.68 Å². The molecule has 106 valence electrons. The van der Waals surface area contributed by atoms with E-state index < -0.39 is 0 Å². The molecule has 1 aromatic carbocycles. The molecule has 0 atom stereocenters. The Bertz CT molecular complexity index is 818. The quantitative estimate of drug-likeness (QED) is 0.664. The molecule has 4 nitrogen and oxygen atoms in total. The Morgan fingerprint density at radius 3 is 2.67 bits per heavy atom. The number of rotatable bonds is 3. The van der Waals surface area contributed by atoms with Crippen LogP contribution in [0.2, 0.25) is 0 Å². The van der Waals surface area contributed by atoms with E-state index in [1.165, 1.54) is 0 Å². The van der Waals surface area contributed by atoms with Crippen molar-refractivity contribution in [3.63, 3.8) is 0 Å². The molecule has 0 amide bonds. The summed E-state index contributed by atoms with van der Waals surface area (Å²) >= 11 is 3.44. The molecule has 2 aromatic heterocycles. The summed E-state index contributed by atoms with van der Waals surface area (Å²) in [6.45, 7) is 3.86. The molecular weight excluding hydrogens is 332 g/mol. The summed E-state index contributed by atoms with van der Waals surface area (Å²) in [5.74, 6) is 1.39. The van der Waals surface area contributed by atoms with Crippen LogP contribution in [0.5, 0.6) is 0 Å². The number of hydrogen-bond donors (Lipinski definition) is 0. The van der Waals surface area contributed by atoms with Gasteiger partial charge in [-0.3, -0.25) is 4.79 Å². The molecule has 21 heavy (non-hydrogen) atoms. The van der Waals surface area contributed by atoms with Crippen LogP contribution in [0, 0.1) is 13.8 Å². The normalized spacial score (nSPS) is 10.8. The maximum atomic E-state index is 11.3. The minimum Gasteiger partial charge on any atom is -0.460 e. The molecule has 0 radical (unpaired) electrons. The van der Waals surface area contributed by atoms with E-state index in [0.29, 0.717) is 17.0 Å². The molecule has 0 fully saturated rings. The predicted octanol–water partition coefficient (Wildman–Crippen LogP) is 4.32. The second kappa shape index (κ2) is 5.33. The van der Waals surface area contributed by atoms with Crippen LogP contribution in [-0.4, -0.2) is 16.1 Å². The van der Waals surface area contributed by atoms with Gasteiger partial charge in [0, 0.05) is 10.7 Å². The Labute approximate surface area is 130 Å². The lowest BCUT2D eigenvalue weighted by molar-refractivity contribution is 0.112. The monoisotopic (exact) mass is 344 g/mol. The Balaban J connectivity index is 2.13. The van der Waals surface area contributed by atoms with Crippen LogP contribution in [0.25, 0.3) is 17.1 Å². The molecule has 2 heterocycles. The van der Waals surface area contributed by atoms with Crippen molar-refractivity contribution in [1.82, 2.24) is 9.78 Å².